The number of aryl methyl sites for hydroxylation is 1. The molecular weight excluding hydrogens is 188 g/mol. The summed E-state index contributed by atoms with van der Waals surface area (Å²) in [6, 6.07) is 1.85. The lowest BCUT2D eigenvalue weighted by molar-refractivity contribution is 0.986. The van der Waals surface area contributed by atoms with Gasteiger partial charge in [0, 0.05) is 6.20 Å². The van der Waals surface area contributed by atoms with Crippen molar-refractivity contribution in [3.63, 3.8) is 0 Å². The zero-order chi connectivity index (χ0) is 9.26. The summed E-state index contributed by atoms with van der Waals surface area (Å²) in [5.74, 6) is 0.650. The number of pyridine rings is 1. The lowest BCUT2D eigenvalue weighted by atomic mass is 10.3. The van der Waals surface area contributed by atoms with E-state index in [1.807, 2.05) is 13.0 Å². The molecule has 2 aromatic rings. The third-order valence-corrected chi connectivity index (χ3v) is 1.90. The van der Waals surface area contributed by atoms with Crippen LogP contribution in [0.3, 0.4) is 0 Å². The highest BCUT2D eigenvalue weighted by atomic mass is 35.5. The first-order valence-corrected chi connectivity index (χ1v) is 4.12. The van der Waals surface area contributed by atoms with Crippen LogP contribution in [-0.4, -0.2) is 19.7 Å². The fourth-order valence-corrected chi connectivity index (χ4v) is 1.34. The summed E-state index contributed by atoms with van der Waals surface area (Å²) in [6.07, 6.45) is 4.87. The normalized spacial score (nSPS) is 10.3. The van der Waals surface area contributed by atoms with E-state index in [0.717, 1.165) is 5.56 Å². The molecule has 2 heterocycles. The van der Waals surface area contributed by atoms with Gasteiger partial charge in [0.25, 0.3) is 0 Å². The van der Waals surface area contributed by atoms with Gasteiger partial charge < -0.3 is 0 Å². The predicted molar refractivity (Wildman–Crippen MR) is 48.9 cm³/mol. The van der Waals surface area contributed by atoms with Gasteiger partial charge in [0.15, 0.2) is 5.82 Å². The maximum atomic E-state index is 5.98. The van der Waals surface area contributed by atoms with Crippen molar-refractivity contribution < 1.29 is 0 Å². The average molecular weight is 195 g/mol. The summed E-state index contributed by atoms with van der Waals surface area (Å²) in [6.45, 7) is 1.94. The maximum absolute atomic E-state index is 5.98. The Bertz CT molecular complexity index is 410. The van der Waals surface area contributed by atoms with Crippen LogP contribution in [0.4, 0.5) is 0 Å². The fourth-order valence-electron chi connectivity index (χ4n) is 1.03. The molecule has 5 heteroatoms. The second kappa shape index (κ2) is 3.14. The first-order valence-electron chi connectivity index (χ1n) is 3.74. The molecule has 13 heavy (non-hydrogen) atoms. The standard InChI is InChI=1S/C8H7ClN4/c1-6-2-7(9)8(10-3-6)13-4-11-12-5-13/h2-5H,1H3. The largest absolute Gasteiger partial charge is 0.271 e. The van der Waals surface area contributed by atoms with Gasteiger partial charge in [-0.25, -0.2) is 4.98 Å². The minimum absolute atomic E-state index is 0.597. The summed E-state index contributed by atoms with van der Waals surface area (Å²) in [5.41, 5.74) is 1.03. The first-order chi connectivity index (χ1) is 6.27. The average Bonchev–Trinajstić information content (AvgIpc) is 2.56. The molecule has 0 N–H and O–H groups in total. The van der Waals surface area contributed by atoms with Crippen LogP contribution >= 0.6 is 11.6 Å². The topological polar surface area (TPSA) is 43.6 Å². The SMILES string of the molecule is Cc1cnc(-n2cnnc2)c(Cl)c1. The fraction of sp³-hybridized carbons (Fsp3) is 0.125. The molecular formula is C8H7ClN4. The Hall–Kier alpha value is -1.42. The lowest BCUT2D eigenvalue weighted by Crippen LogP contribution is -1.95. The van der Waals surface area contributed by atoms with Crippen molar-refractivity contribution in [2.45, 2.75) is 6.92 Å². The Balaban J connectivity index is 2.53. The number of rotatable bonds is 1. The van der Waals surface area contributed by atoms with E-state index in [2.05, 4.69) is 15.2 Å². The van der Waals surface area contributed by atoms with E-state index in [4.69, 9.17) is 11.6 Å². The molecule has 0 spiro atoms. The lowest BCUT2D eigenvalue weighted by Gasteiger charge is -2.02. The van der Waals surface area contributed by atoms with E-state index in [-0.39, 0.29) is 0 Å². The Labute approximate surface area is 80.2 Å². The van der Waals surface area contributed by atoms with Gasteiger partial charge in [0.05, 0.1) is 5.02 Å². The van der Waals surface area contributed by atoms with E-state index >= 15 is 0 Å². The quantitative estimate of drug-likeness (QED) is 0.693. The highest BCUT2D eigenvalue weighted by Gasteiger charge is 2.03. The zero-order valence-corrected chi connectivity index (χ0v) is 7.73. The van der Waals surface area contributed by atoms with Gasteiger partial charge in [-0.1, -0.05) is 11.6 Å². The maximum Gasteiger partial charge on any atom is 0.157 e. The van der Waals surface area contributed by atoms with Crippen LogP contribution in [0.15, 0.2) is 24.9 Å². The molecule has 0 aliphatic heterocycles. The monoisotopic (exact) mass is 194 g/mol. The van der Waals surface area contributed by atoms with Crippen molar-refractivity contribution in [3.8, 4) is 5.82 Å². The predicted octanol–water partition coefficient (Wildman–Crippen LogP) is 1.62. The second-order valence-corrected chi connectivity index (χ2v) is 3.09. The van der Waals surface area contributed by atoms with Crippen molar-refractivity contribution in [3.05, 3.63) is 35.5 Å². The highest BCUT2D eigenvalue weighted by molar-refractivity contribution is 6.32. The second-order valence-electron chi connectivity index (χ2n) is 2.69. The summed E-state index contributed by atoms with van der Waals surface area (Å²) in [7, 11) is 0. The molecule has 0 radical (unpaired) electrons. The van der Waals surface area contributed by atoms with Crippen molar-refractivity contribution in [2.24, 2.45) is 0 Å². The molecule has 66 valence electrons. The minimum atomic E-state index is 0.597. The molecule has 0 aromatic carbocycles. The van der Waals surface area contributed by atoms with Crippen LogP contribution in [-0.2, 0) is 0 Å². The molecule has 0 fully saturated rings. The molecule has 0 bridgehead atoms. The molecule has 2 rings (SSSR count). The summed E-state index contributed by atoms with van der Waals surface area (Å²) >= 11 is 5.98. The van der Waals surface area contributed by atoms with Crippen molar-refractivity contribution in [1.82, 2.24) is 19.7 Å². The number of aromatic nitrogens is 4. The van der Waals surface area contributed by atoms with Crippen LogP contribution in [0.25, 0.3) is 5.82 Å². The van der Waals surface area contributed by atoms with Gasteiger partial charge in [-0.3, -0.25) is 4.57 Å². The molecule has 0 aliphatic rings. The van der Waals surface area contributed by atoms with Crippen LogP contribution < -0.4 is 0 Å². The Kier molecular flexibility index (Phi) is 1.98. The smallest absolute Gasteiger partial charge is 0.157 e. The van der Waals surface area contributed by atoms with Gasteiger partial charge in [0.1, 0.15) is 12.7 Å². The van der Waals surface area contributed by atoms with Crippen molar-refractivity contribution in [1.29, 1.82) is 0 Å². The van der Waals surface area contributed by atoms with Gasteiger partial charge in [-0.2, -0.15) is 0 Å². The Morgan fingerprint density at radius 2 is 2.00 bits per heavy atom. The molecule has 0 atom stereocenters. The van der Waals surface area contributed by atoms with Crippen LogP contribution in [0.2, 0.25) is 5.02 Å². The third-order valence-electron chi connectivity index (χ3n) is 1.62. The van der Waals surface area contributed by atoms with E-state index in [1.54, 1.807) is 23.4 Å². The van der Waals surface area contributed by atoms with Crippen molar-refractivity contribution in [2.75, 3.05) is 0 Å². The highest BCUT2D eigenvalue weighted by Crippen LogP contribution is 2.17. The van der Waals surface area contributed by atoms with E-state index in [9.17, 15) is 0 Å². The Morgan fingerprint density at radius 3 is 2.62 bits per heavy atom. The van der Waals surface area contributed by atoms with E-state index < -0.39 is 0 Å². The molecule has 0 saturated carbocycles. The Morgan fingerprint density at radius 1 is 1.31 bits per heavy atom. The molecule has 0 unspecified atom stereocenters. The van der Waals surface area contributed by atoms with E-state index in [0.29, 0.717) is 10.8 Å². The van der Waals surface area contributed by atoms with Gasteiger partial charge in [-0.05, 0) is 18.6 Å². The summed E-state index contributed by atoms with van der Waals surface area (Å²) in [5, 5.41) is 7.95. The third kappa shape index (κ3) is 1.53. The first kappa shape index (κ1) is 8.19. The summed E-state index contributed by atoms with van der Waals surface area (Å²) < 4.78 is 1.67. The van der Waals surface area contributed by atoms with E-state index in [1.165, 1.54) is 0 Å². The molecule has 2 aromatic heterocycles. The molecule has 0 amide bonds. The van der Waals surface area contributed by atoms with Crippen LogP contribution in [0.5, 0.6) is 0 Å². The van der Waals surface area contributed by atoms with Gasteiger partial charge in [-0.15, -0.1) is 10.2 Å². The number of halogens is 1. The van der Waals surface area contributed by atoms with Gasteiger partial charge >= 0.3 is 0 Å². The minimum Gasteiger partial charge on any atom is -0.271 e. The van der Waals surface area contributed by atoms with Crippen LogP contribution in [0, 0.1) is 6.92 Å². The zero-order valence-electron chi connectivity index (χ0n) is 6.98. The molecule has 4 nitrogen and oxygen atoms in total. The van der Waals surface area contributed by atoms with Crippen molar-refractivity contribution >= 4 is 11.6 Å². The van der Waals surface area contributed by atoms with Gasteiger partial charge in [0.2, 0.25) is 0 Å². The number of hydrogen-bond acceptors (Lipinski definition) is 3. The number of hydrogen-bond donors (Lipinski definition) is 0. The molecule has 0 aliphatic carbocycles. The van der Waals surface area contributed by atoms with Crippen LogP contribution in [0.1, 0.15) is 5.56 Å². The molecule has 0 saturated heterocycles. The summed E-state index contributed by atoms with van der Waals surface area (Å²) in [4.78, 5) is 4.17. The number of nitrogens with zero attached hydrogens (tertiary/aromatic N) is 4.